The Morgan fingerprint density at radius 3 is 2.70 bits per heavy atom. The summed E-state index contributed by atoms with van der Waals surface area (Å²) < 4.78 is 11.1. The zero-order chi connectivity index (χ0) is 19.6. The number of hydrogen-bond donors (Lipinski definition) is 2. The summed E-state index contributed by atoms with van der Waals surface area (Å²) in [6.07, 6.45) is 0. The summed E-state index contributed by atoms with van der Waals surface area (Å²) in [5.74, 6) is 0.0223. The molecular formula is C18H17ClN4O4. The minimum atomic E-state index is -0.543. The minimum absolute atomic E-state index is 0.242. The van der Waals surface area contributed by atoms with Crippen LogP contribution in [0, 0.1) is 0 Å². The van der Waals surface area contributed by atoms with Crippen molar-refractivity contribution in [3.05, 3.63) is 63.0 Å². The van der Waals surface area contributed by atoms with Crippen LogP contribution in [-0.2, 0) is 11.3 Å². The average molecular weight is 389 g/mol. The highest BCUT2D eigenvalue weighted by Crippen LogP contribution is 2.27. The van der Waals surface area contributed by atoms with E-state index in [1.807, 2.05) is 0 Å². The van der Waals surface area contributed by atoms with Crippen molar-refractivity contribution in [3.63, 3.8) is 0 Å². The first-order valence-corrected chi connectivity index (χ1v) is 8.31. The van der Waals surface area contributed by atoms with Gasteiger partial charge in [0, 0.05) is 18.2 Å². The second-order valence-electron chi connectivity index (χ2n) is 5.59. The van der Waals surface area contributed by atoms with Gasteiger partial charge in [0.1, 0.15) is 11.3 Å². The van der Waals surface area contributed by atoms with Crippen LogP contribution in [0.4, 0.5) is 0 Å². The standard InChI is InChI=1S/C18H17ClN4O4/c1-26-15-8-11(4-5-12(15)17(24)27-2)23-18(25)21-16(22-23)13-7-10(9-20)3-6-14(13)19/h3-8H,9,20H2,1-2H3,(H,21,22,25). The van der Waals surface area contributed by atoms with Crippen molar-refractivity contribution in [2.45, 2.75) is 6.54 Å². The van der Waals surface area contributed by atoms with Crippen molar-refractivity contribution >= 4 is 17.6 Å². The number of carbonyl (C=O) groups excluding carboxylic acids is 1. The van der Waals surface area contributed by atoms with Gasteiger partial charge in [0.25, 0.3) is 0 Å². The Morgan fingerprint density at radius 2 is 2.04 bits per heavy atom. The van der Waals surface area contributed by atoms with Crippen molar-refractivity contribution < 1.29 is 14.3 Å². The number of ether oxygens (including phenoxy) is 2. The Bertz CT molecular complexity index is 1060. The number of nitrogens with one attached hydrogen (secondary N) is 1. The maximum atomic E-state index is 12.4. The second-order valence-corrected chi connectivity index (χ2v) is 5.99. The molecule has 140 valence electrons. The maximum absolute atomic E-state index is 12.4. The number of aromatic amines is 1. The fourth-order valence-electron chi connectivity index (χ4n) is 2.59. The average Bonchev–Trinajstić information content (AvgIpc) is 3.08. The molecule has 0 unspecified atom stereocenters. The highest BCUT2D eigenvalue weighted by Gasteiger charge is 2.17. The van der Waals surface area contributed by atoms with Crippen LogP contribution in [0.15, 0.2) is 41.2 Å². The van der Waals surface area contributed by atoms with Crippen LogP contribution < -0.4 is 16.2 Å². The molecule has 8 nitrogen and oxygen atoms in total. The lowest BCUT2D eigenvalue weighted by molar-refractivity contribution is 0.0597. The van der Waals surface area contributed by atoms with Crippen LogP contribution in [-0.4, -0.2) is 35.0 Å². The molecule has 3 aromatic rings. The Kier molecular flexibility index (Phi) is 5.29. The van der Waals surface area contributed by atoms with E-state index in [0.717, 1.165) is 10.2 Å². The molecule has 0 saturated carbocycles. The number of aromatic nitrogens is 3. The molecule has 0 fully saturated rings. The van der Waals surface area contributed by atoms with Gasteiger partial charge in [0.2, 0.25) is 0 Å². The first kappa shape index (κ1) is 18.7. The van der Waals surface area contributed by atoms with Crippen molar-refractivity contribution in [2.75, 3.05) is 14.2 Å². The van der Waals surface area contributed by atoms with Crippen LogP contribution in [0.3, 0.4) is 0 Å². The number of hydrogen-bond acceptors (Lipinski definition) is 6. The van der Waals surface area contributed by atoms with Gasteiger partial charge in [-0.3, -0.25) is 4.98 Å². The molecule has 2 aromatic carbocycles. The number of nitrogens with zero attached hydrogens (tertiary/aromatic N) is 2. The normalized spacial score (nSPS) is 10.7. The fraction of sp³-hybridized carbons (Fsp3) is 0.167. The van der Waals surface area contributed by atoms with Crippen molar-refractivity contribution in [1.82, 2.24) is 14.8 Å². The van der Waals surface area contributed by atoms with E-state index in [4.69, 9.17) is 26.8 Å². The molecule has 0 aliphatic rings. The third-order valence-corrected chi connectivity index (χ3v) is 4.30. The van der Waals surface area contributed by atoms with Crippen LogP contribution in [0.1, 0.15) is 15.9 Å². The molecule has 3 rings (SSSR count). The predicted molar refractivity (Wildman–Crippen MR) is 100 cm³/mol. The predicted octanol–water partition coefficient (Wildman–Crippen LogP) is 2.13. The number of methoxy groups -OCH3 is 2. The number of esters is 1. The Hall–Kier alpha value is -3.10. The molecule has 0 atom stereocenters. The first-order valence-electron chi connectivity index (χ1n) is 7.93. The molecule has 0 spiro atoms. The molecular weight excluding hydrogens is 372 g/mol. The first-order chi connectivity index (χ1) is 13.0. The Morgan fingerprint density at radius 1 is 1.26 bits per heavy atom. The maximum Gasteiger partial charge on any atom is 0.348 e. The van der Waals surface area contributed by atoms with E-state index in [0.29, 0.717) is 28.6 Å². The monoisotopic (exact) mass is 388 g/mol. The van der Waals surface area contributed by atoms with E-state index in [-0.39, 0.29) is 11.3 Å². The number of rotatable bonds is 5. The summed E-state index contributed by atoms with van der Waals surface area (Å²) >= 11 is 6.23. The van der Waals surface area contributed by atoms with Gasteiger partial charge in [-0.1, -0.05) is 17.7 Å². The number of nitrogens with two attached hydrogens (primary N) is 1. The molecule has 0 bridgehead atoms. The lowest BCUT2D eigenvalue weighted by atomic mass is 10.1. The molecule has 3 N–H and O–H groups in total. The molecule has 1 aromatic heterocycles. The van der Waals surface area contributed by atoms with Crippen molar-refractivity contribution in [3.8, 4) is 22.8 Å². The van der Waals surface area contributed by atoms with E-state index in [9.17, 15) is 9.59 Å². The summed E-state index contributed by atoms with van der Waals surface area (Å²) in [6.45, 7) is 0.335. The zero-order valence-corrected chi connectivity index (χ0v) is 15.4. The summed E-state index contributed by atoms with van der Waals surface area (Å²) in [5, 5.41) is 4.75. The van der Waals surface area contributed by atoms with E-state index in [2.05, 4.69) is 10.1 Å². The summed E-state index contributed by atoms with van der Waals surface area (Å²) in [7, 11) is 2.70. The molecule has 0 aliphatic heterocycles. The largest absolute Gasteiger partial charge is 0.496 e. The van der Waals surface area contributed by atoms with Crippen LogP contribution in [0.5, 0.6) is 5.75 Å². The molecule has 27 heavy (non-hydrogen) atoms. The summed E-state index contributed by atoms with van der Waals surface area (Å²) in [6, 6.07) is 9.87. The second kappa shape index (κ2) is 7.65. The van der Waals surface area contributed by atoms with Gasteiger partial charge in [-0.15, -0.1) is 5.10 Å². The highest BCUT2D eigenvalue weighted by atomic mass is 35.5. The molecule has 0 amide bonds. The number of H-pyrrole nitrogens is 1. The molecule has 1 heterocycles. The zero-order valence-electron chi connectivity index (χ0n) is 14.7. The third-order valence-electron chi connectivity index (χ3n) is 3.97. The smallest absolute Gasteiger partial charge is 0.348 e. The summed E-state index contributed by atoms with van der Waals surface area (Å²) in [5.41, 5.74) is 7.27. The van der Waals surface area contributed by atoms with E-state index >= 15 is 0 Å². The summed E-state index contributed by atoms with van der Waals surface area (Å²) in [4.78, 5) is 26.9. The minimum Gasteiger partial charge on any atom is -0.496 e. The molecule has 9 heteroatoms. The third kappa shape index (κ3) is 3.57. The molecule has 0 saturated heterocycles. The van der Waals surface area contributed by atoms with E-state index < -0.39 is 11.7 Å². The van der Waals surface area contributed by atoms with Gasteiger partial charge in [-0.05, 0) is 29.8 Å². The molecule has 0 aliphatic carbocycles. The fourth-order valence-corrected chi connectivity index (χ4v) is 2.80. The van der Waals surface area contributed by atoms with Gasteiger partial charge >= 0.3 is 11.7 Å². The number of benzene rings is 2. The topological polar surface area (TPSA) is 112 Å². The van der Waals surface area contributed by atoms with Crippen LogP contribution in [0.25, 0.3) is 17.1 Å². The van der Waals surface area contributed by atoms with Crippen LogP contribution in [0.2, 0.25) is 5.02 Å². The lowest BCUT2D eigenvalue weighted by Crippen LogP contribution is -2.16. The van der Waals surface area contributed by atoms with Gasteiger partial charge in [0.15, 0.2) is 5.82 Å². The van der Waals surface area contributed by atoms with Gasteiger partial charge in [-0.2, -0.15) is 4.68 Å². The number of halogens is 1. The van der Waals surface area contributed by atoms with E-state index in [1.165, 1.54) is 26.4 Å². The molecule has 0 radical (unpaired) electrons. The Labute approximate surface area is 159 Å². The van der Waals surface area contributed by atoms with E-state index in [1.54, 1.807) is 24.3 Å². The van der Waals surface area contributed by atoms with Crippen molar-refractivity contribution in [1.29, 1.82) is 0 Å². The van der Waals surface area contributed by atoms with Gasteiger partial charge < -0.3 is 15.2 Å². The SMILES string of the molecule is COC(=O)c1ccc(-n2nc(-c3cc(CN)ccc3Cl)[nH]c2=O)cc1OC. The lowest BCUT2D eigenvalue weighted by Gasteiger charge is -2.08. The van der Waals surface area contributed by atoms with Crippen molar-refractivity contribution in [2.24, 2.45) is 5.73 Å². The Balaban J connectivity index is 2.08. The van der Waals surface area contributed by atoms with Crippen LogP contribution >= 0.6 is 11.6 Å². The highest BCUT2D eigenvalue weighted by molar-refractivity contribution is 6.33. The van der Waals surface area contributed by atoms with Gasteiger partial charge in [-0.25, -0.2) is 9.59 Å². The van der Waals surface area contributed by atoms with Gasteiger partial charge in [0.05, 0.1) is 24.9 Å². The number of carbonyl (C=O) groups is 1. The quantitative estimate of drug-likeness (QED) is 0.647.